The van der Waals surface area contributed by atoms with E-state index in [0.29, 0.717) is 23.4 Å². The first-order valence-corrected chi connectivity index (χ1v) is 7.33. The van der Waals surface area contributed by atoms with Crippen molar-refractivity contribution in [2.45, 2.75) is 26.5 Å². The maximum atomic E-state index is 13.4. The molecule has 0 aliphatic carbocycles. The molecule has 0 saturated heterocycles. The molecule has 1 heterocycles. The third kappa shape index (κ3) is 4.08. The molecule has 0 unspecified atom stereocenters. The lowest BCUT2D eigenvalue weighted by atomic mass is 10.2. The van der Waals surface area contributed by atoms with Gasteiger partial charge in [0.05, 0.1) is 17.3 Å². The SMILES string of the molecule is CCCNCc1occc1COc1ccc(Br)c(F)c1. The first-order valence-electron chi connectivity index (χ1n) is 6.54. The number of halogens is 2. The highest BCUT2D eigenvalue weighted by atomic mass is 79.9. The Hall–Kier alpha value is -1.33. The monoisotopic (exact) mass is 341 g/mol. The smallest absolute Gasteiger partial charge is 0.141 e. The molecule has 0 saturated carbocycles. The van der Waals surface area contributed by atoms with Gasteiger partial charge in [0, 0.05) is 11.6 Å². The van der Waals surface area contributed by atoms with Crippen LogP contribution in [0.3, 0.4) is 0 Å². The van der Waals surface area contributed by atoms with Crippen molar-refractivity contribution in [3.8, 4) is 5.75 Å². The molecule has 0 fully saturated rings. The fourth-order valence-electron chi connectivity index (χ4n) is 1.76. The molecule has 1 aromatic carbocycles. The molecule has 0 aliphatic rings. The van der Waals surface area contributed by atoms with E-state index >= 15 is 0 Å². The summed E-state index contributed by atoms with van der Waals surface area (Å²) < 4.78 is 24.8. The predicted molar refractivity (Wildman–Crippen MR) is 79.1 cm³/mol. The number of benzene rings is 1. The summed E-state index contributed by atoms with van der Waals surface area (Å²) in [6, 6.07) is 6.59. The summed E-state index contributed by atoms with van der Waals surface area (Å²) in [6.45, 7) is 4.09. The first-order chi connectivity index (χ1) is 9.70. The van der Waals surface area contributed by atoms with Crippen molar-refractivity contribution in [1.82, 2.24) is 5.32 Å². The summed E-state index contributed by atoms with van der Waals surface area (Å²) in [7, 11) is 0. The van der Waals surface area contributed by atoms with Gasteiger partial charge >= 0.3 is 0 Å². The topological polar surface area (TPSA) is 34.4 Å². The highest BCUT2D eigenvalue weighted by molar-refractivity contribution is 9.10. The fraction of sp³-hybridized carbons (Fsp3) is 0.333. The van der Waals surface area contributed by atoms with E-state index < -0.39 is 0 Å². The van der Waals surface area contributed by atoms with Crippen LogP contribution in [-0.2, 0) is 13.2 Å². The molecule has 1 aromatic heterocycles. The predicted octanol–water partition coefficient (Wildman–Crippen LogP) is 4.26. The van der Waals surface area contributed by atoms with E-state index in [1.54, 1.807) is 18.4 Å². The molecule has 0 radical (unpaired) electrons. The van der Waals surface area contributed by atoms with Crippen LogP contribution >= 0.6 is 15.9 Å². The number of ether oxygens (including phenoxy) is 1. The van der Waals surface area contributed by atoms with Crippen molar-refractivity contribution in [2.24, 2.45) is 0 Å². The van der Waals surface area contributed by atoms with Crippen molar-refractivity contribution in [3.05, 3.63) is 52.1 Å². The van der Waals surface area contributed by atoms with Gasteiger partial charge in [-0.1, -0.05) is 6.92 Å². The lowest BCUT2D eigenvalue weighted by Crippen LogP contribution is -2.14. The molecular weight excluding hydrogens is 325 g/mol. The van der Waals surface area contributed by atoms with E-state index in [4.69, 9.17) is 9.15 Å². The Morgan fingerprint density at radius 1 is 1.35 bits per heavy atom. The lowest BCUT2D eigenvalue weighted by Gasteiger charge is -2.07. The number of rotatable bonds is 7. The highest BCUT2D eigenvalue weighted by Crippen LogP contribution is 2.22. The van der Waals surface area contributed by atoms with Crippen molar-refractivity contribution in [3.63, 3.8) is 0 Å². The van der Waals surface area contributed by atoms with Gasteiger partial charge in [-0.2, -0.15) is 0 Å². The summed E-state index contributed by atoms with van der Waals surface area (Å²) in [5.41, 5.74) is 0.969. The van der Waals surface area contributed by atoms with Gasteiger partial charge in [0.25, 0.3) is 0 Å². The third-order valence-electron chi connectivity index (χ3n) is 2.84. The van der Waals surface area contributed by atoms with Gasteiger partial charge in [-0.3, -0.25) is 0 Å². The summed E-state index contributed by atoms with van der Waals surface area (Å²) in [6.07, 6.45) is 2.72. The molecule has 5 heteroatoms. The standard InChI is InChI=1S/C15H17BrFNO2/c1-2-6-18-9-15-11(5-7-19-15)10-20-12-3-4-13(16)14(17)8-12/h3-5,7-8,18H,2,6,9-10H2,1H3. The number of hydrogen-bond acceptors (Lipinski definition) is 3. The van der Waals surface area contributed by atoms with Crippen molar-refractivity contribution >= 4 is 15.9 Å². The maximum absolute atomic E-state index is 13.4. The summed E-state index contributed by atoms with van der Waals surface area (Å²) >= 11 is 3.11. The Kier molecular flexibility index (Phi) is 5.61. The molecule has 2 rings (SSSR count). The van der Waals surface area contributed by atoms with Crippen LogP contribution in [0.2, 0.25) is 0 Å². The Morgan fingerprint density at radius 2 is 2.20 bits per heavy atom. The summed E-state index contributed by atoms with van der Waals surface area (Å²) in [5, 5.41) is 3.28. The van der Waals surface area contributed by atoms with Gasteiger partial charge < -0.3 is 14.5 Å². The zero-order valence-electron chi connectivity index (χ0n) is 11.3. The van der Waals surface area contributed by atoms with Crippen LogP contribution in [0.4, 0.5) is 4.39 Å². The van der Waals surface area contributed by atoms with Crippen LogP contribution in [0.1, 0.15) is 24.7 Å². The minimum atomic E-state index is -0.334. The second-order valence-corrected chi connectivity index (χ2v) is 5.26. The molecule has 0 bridgehead atoms. The Labute approximate surface area is 126 Å². The van der Waals surface area contributed by atoms with Crippen LogP contribution in [0, 0.1) is 5.82 Å². The van der Waals surface area contributed by atoms with Gasteiger partial charge in [-0.15, -0.1) is 0 Å². The Bertz CT molecular complexity index is 557. The van der Waals surface area contributed by atoms with Crippen LogP contribution in [0.15, 0.2) is 39.4 Å². The van der Waals surface area contributed by atoms with E-state index in [0.717, 1.165) is 24.3 Å². The van der Waals surface area contributed by atoms with Crippen molar-refractivity contribution < 1.29 is 13.5 Å². The molecular formula is C15H17BrFNO2. The highest BCUT2D eigenvalue weighted by Gasteiger charge is 2.08. The minimum absolute atomic E-state index is 0.334. The summed E-state index contributed by atoms with van der Waals surface area (Å²) in [4.78, 5) is 0. The van der Waals surface area contributed by atoms with Crippen LogP contribution in [-0.4, -0.2) is 6.54 Å². The second kappa shape index (κ2) is 7.45. The molecule has 20 heavy (non-hydrogen) atoms. The first kappa shape index (κ1) is 15.1. The van der Waals surface area contributed by atoms with E-state index in [1.165, 1.54) is 6.07 Å². The molecule has 0 atom stereocenters. The van der Waals surface area contributed by atoms with E-state index in [9.17, 15) is 4.39 Å². The van der Waals surface area contributed by atoms with E-state index in [2.05, 4.69) is 28.2 Å². The molecule has 3 nitrogen and oxygen atoms in total. The molecule has 0 amide bonds. The van der Waals surface area contributed by atoms with Gasteiger partial charge in [-0.05, 0) is 47.1 Å². The zero-order valence-corrected chi connectivity index (χ0v) is 12.9. The molecule has 2 aromatic rings. The number of nitrogens with one attached hydrogen (secondary N) is 1. The summed E-state index contributed by atoms with van der Waals surface area (Å²) in [5.74, 6) is 1.02. The third-order valence-corrected chi connectivity index (χ3v) is 3.48. The van der Waals surface area contributed by atoms with Gasteiger partial charge in [0.15, 0.2) is 0 Å². The van der Waals surface area contributed by atoms with Gasteiger partial charge in [0.2, 0.25) is 0 Å². The molecule has 1 N–H and O–H groups in total. The minimum Gasteiger partial charge on any atom is -0.489 e. The molecule has 0 spiro atoms. The van der Waals surface area contributed by atoms with Crippen molar-refractivity contribution in [2.75, 3.05) is 6.54 Å². The quantitative estimate of drug-likeness (QED) is 0.764. The van der Waals surface area contributed by atoms with E-state index in [-0.39, 0.29) is 5.82 Å². The van der Waals surface area contributed by atoms with Crippen LogP contribution < -0.4 is 10.1 Å². The average molecular weight is 342 g/mol. The van der Waals surface area contributed by atoms with E-state index in [1.807, 2.05) is 6.07 Å². The Morgan fingerprint density at radius 3 is 2.95 bits per heavy atom. The Balaban J connectivity index is 1.93. The normalized spacial score (nSPS) is 10.8. The van der Waals surface area contributed by atoms with Gasteiger partial charge in [0.1, 0.15) is 23.9 Å². The van der Waals surface area contributed by atoms with Crippen LogP contribution in [0.25, 0.3) is 0 Å². The molecule has 0 aliphatic heterocycles. The largest absolute Gasteiger partial charge is 0.489 e. The average Bonchev–Trinajstić information content (AvgIpc) is 2.88. The number of hydrogen-bond donors (Lipinski definition) is 1. The van der Waals surface area contributed by atoms with Crippen molar-refractivity contribution in [1.29, 1.82) is 0 Å². The lowest BCUT2D eigenvalue weighted by molar-refractivity contribution is 0.299. The maximum Gasteiger partial charge on any atom is 0.141 e. The second-order valence-electron chi connectivity index (χ2n) is 4.41. The van der Waals surface area contributed by atoms with Gasteiger partial charge in [-0.25, -0.2) is 4.39 Å². The van der Waals surface area contributed by atoms with Crippen LogP contribution in [0.5, 0.6) is 5.75 Å². The number of furan rings is 1. The molecule has 108 valence electrons. The fourth-order valence-corrected chi connectivity index (χ4v) is 2.00. The zero-order chi connectivity index (χ0) is 14.4.